The second kappa shape index (κ2) is 3.99. The SMILES string of the molecule is CC1(O)CN(C(=O)C#Cc2ccccc2)C1. The second-order valence-electron chi connectivity index (χ2n) is 4.27. The van der Waals surface area contributed by atoms with Crippen molar-refractivity contribution >= 4 is 5.91 Å². The van der Waals surface area contributed by atoms with E-state index in [-0.39, 0.29) is 5.91 Å². The van der Waals surface area contributed by atoms with Gasteiger partial charge in [0.15, 0.2) is 0 Å². The molecule has 0 aromatic heterocycles. The molecule has 0 atom stereocenters. The largest absolute Gasteiger partial charge is 0.386 e. The lowest BCUT2D eigenvalue weighted by atomic mass is 9.97. The zero-order valence-electron chi connectivity index (χ0n) is 9.10. The Morgan fingerprint density at radius 2 is 2.00 bits per heavy atom. The summed E-state index contributed by atoms with van der Waals surface area (Å²) in [5, 5.41) is 9.48. The first-order valence-electron chi connectivity index (χ1n) is 5.15. The lowest BCUT2D eigenvalue weighted by Gasteiger charge is -2.42. The third kappa shape index (κ3) is 2.41. The molecule has 1 fully saturated rings. The number of carbonyl (C=O) groups excluding carboxylic acids is 1. The van der Waals surface area contributed by atoms with Crippen molar-refractivity contribution in [2.24, 2.45) is 0 Å². The van der Waals surface area contributed by atoms with Crippen LogP contribution in [0.1, 0.15) is 12.5 Å². The fourth-order valence-electron chi connectivity index (χ4n) is 1.65. The van der Waals surface area contributed by atoms with Crippen LogP contribution in [0.15, 0.2) is 30.3 Å². The summed E-state index contributed by atoms with van der Waals surface area (Å²) >= 11 is 0. The van der Waals surface area contributed by atoms with Gasteiger partial charge >= 0.3 is 0 Å². The maximum absolute atomic E-state index is 11.5. The minimum absolute atomic E-state index is 0.227. The molecule has 1 aromatic carbocycles. The van der Waals surface area contributed by atoms with E-state index < -0.39 is 5.60 Å². The first-order chi connectivity index (χ1) is 7.57. The van der Waals surface area contributed by atoms with Crippen molar-refractivity contribution in [1.29, 1.82) is 0 Å². The number of hydrogen-bond donors (Lipinski definition) is 1. The number of rotatable bonds is 0. The van der Waals surface area contributed by atoms with Crippen LogP contribution in [-0.4, -0.2) is 34.6 Å². The molecule has 2 rings (SSSR count). The van der Waals surface area contributed by atoms with Crippen LogP contribution in [0.4, 0.5) is 0 Å². The van der Waals surface area contributed by atoms with E-state index in [1.54, 1.807) is 6.92 Å². The summed E-state index contributed by atoms with van der Waals surface area (Å²) in [5.41, 5.74) is 0.0903. The van der Waals surface area contributed by atoms with Gasteiger partial charge in [0.25, 0.3) is 5.91 Å². The molecular weight excluding hydrogens is 202 g/mol. The summed E-state index contributed by atoms with van der Waals surface area (Å²) < 4.78 is 0. The van der Waals surface area contributed by atoms with Crippen LogP contribution in [0.2, 0.25) is 0 Å². The molecule has 1 aliphatic heterocycles. The molecule has 1 saturated heterocycles. The highest BCUT2D eigenvalue weighted by molar-refractivity contribution is 5.94. The molecule has 3 heteroatoms. The number of nitrogens with zero attached hydrogens (tertiary/aromatic N) is 1. The lowest BCUT2D eigenvalue weighted by Crippen LogP contribution is -2.61. The second-order valence-corrected chi connectivity index (χ2v) is 4.27. The number of hydrogen-bond acceptors (Lipinski definition) is 2. The van der Waals surface area contributed by atoms with Gasteiger partial charge in [0, 0.05) is 11.5 Å². The first kappa shape index (κ1) is 10.7. The number of amides is 1. The van der Waals surface area contributed by atoms with Crippen molar-refractivity contribution in [1.82, 2.24) is 4.90 Å². The van der Waals surface area contributed by atoms with E-state index in [2.05, 4.69) is 11.8 Å². The molecule has 0 aliphatic carbocycles. The fourth-order valence-corrected chi connectivity index (χ4v) is 1.65. The average Bonchev–Trinajstić information content (AvgIpc) is 2.24. The third-order valence-corrected chi connectivity index (χ3v) is 2.44. The monoisotopic (exact) mass is 215 g/mol. The molecule has 0 saturated carbocycles. The van der Waals surface area contributed by atoms with E-state index in [1.807, 2.05) is 30.3 Å². The maximum atomic E-state index is 11.5. The van der Waals surface area contributed by atoms with Crippen LogP contribution >= 0.6 is 0 Å². The topological polar surface area (TPSA) is 40.5 Å². The molecular formula is C13H13NO2. The van der Waals surface area contributed by atoms with Gasteiger partial charge in [0.1, 0.15) is 0 Å². The van der Waals surface area contributed by atoms with Gasteiger partial charge in [0.2, 0.25) is 0 Å². The molecule has 0 bridgehead atoms. The van der Waals surface area contributed by atoms with Crippen LogP contribution in [0.3, 0.4) is 0 Å². The quantitative estimate of drug-likeness (QED) is 0.645. The van der Waals surface area contributed by atoms with Crippen molar-refractivity contribution < 1.29 is 9.90 Å². The Morgan fingerprint density at radius 3 is 2.56 bits per heavy atom. The molecule has 1 aliphatic rings. The average molecular weight is 215 g/mol. The summed E-state index contributed by atoms with van der Waals surface area (Å²) in [6.07, 6.45) is 0. The summed E-state index contributed by atoms with van der Waals surface area (Å²) in [6.45, 7) is 2.45. The summed E-state index contributed by atoms with van der Waals surface area (Å²) in [7, 11) is 0. The van der Waals surface area contributed by atoms with E-state index in [1.165, 1.54) is 4.90 Å². The fraction of sp³-hybridized carbons (Fsp3) is 0.308. The Bertz CT molecular complexity index is 446. The van der Waals surface area contributed by atoms with E-state index in [0.717, 1.165) is 5.56 Å². The minimum Gasteiger partial charge on any atom is -0.386 e. The van der Waals surface area contributed by atoms with Gasteiger partial charge in [-0.05, 0) is 19.1 Å². The highest BCUT2D eigenvalue weighted by atomic mass is 16.3. The van der Waals surface area contributed by atoms with Gasteiger partial charge in [-0.2, -0.15) is 0 Å². The molecule has 16 heavy (non-hydrogen) atoms. The van der Waals surface area contributed by atoms with Crippen molar-refractivity contribution in [2.75, 3.05) is 13.1 Å². The van der Waals surface area contributed by atoms with E-state index in [4.69, 9.17) is 0 Å². The Morgan fingerprint density at radius 1 is 1.38 bits per heavy atom. The highest BCUT2D eigenvalue weighted by Gasteiger charge is 2.38. The van der Waals surface area contributed by atoms with Crippen molar-refractivity contribution in [3.05, 3.63) is 35.9 Å². The van der Waals surface area contributed by atoms with Crippen molar-refractivity contribution in [2.45, 2.75) is 12.5 Å². The standard InChI is InChI=1S/C13H13NO2/c1-13(16)9-14(10-13)12(15)8-7-11-5-3-2-4-6-11/h2-6,16H,9-10H2,1H3. The number of carbonyl (C=O) groups is 1. The van der Waals surface area contributed by atoms with Gasteiger partial charge in [-0.1, -0.05) is 24.1 Å². The Balaban J connectivity index is 1.97. The molecule has 0 radical (unpaired) electrons. The minimum atomic E-state index is -0.732. The van der Waals surface area contributed by atoms with Gasteiger partial charge in [-0.25, -0.2) is 0 Å². The summed E-state index contributed by atoms with van der Waals surface area (Å²) in [6, 6.07) is 9.37. The van der Waals surface area contributed by atoms with Gasteiger partial charge in [-0.15, -0.1) is 0 Å². The normalized spacial score (nSPS) is 17.0. The smallest absolute Gasteiger partial charge is 0.299 e. The van der Waals surface area contributed by atoms with Gasteiger partial charge < -0.3 is 10.0 Å². The van der Waals surface area contributed by atoms with Crippen molar-refractivity contribution in [3.8, 4) is 11.8 Å². The molecule has 1 N–H and O–H groups in total. The maximum Gasteiger partial charge on any atom is 0.299 e. The Labute approximate surface area is 94.7 Å². The molecule has 1 heterocycles. The third-order valence-electron chi connectivity index (χ3n) is 2.44. The first-order valence-corrected chi connectivity index (χ1v) is 5.15. The van der Waals surface area contributed by atoms with Crippen LogP contribution in [-0.2, 0) is 4.79 Å². The molecule has 82 valence electrons. The molecule has 3 nitrogen and oxygen atoms in total. The predicted octanol–water partition coefficient (Wildman–Crippen LogP) is 0.631. The summed E-state index contributed by atoms with van der Waals surface area (Å²) in [4.78, 5) is 13.1. The number of benzene rings is 1. The number of aliphatic hydroxyl groups is 1. The van der Waals surface area contributed by atoms with E-state index >= 15 is 0 Å². The van der Waals surface area contributed by atoms with Crippen molar-refractivity contribution in [3.63, 3.8) is 0 Å². The lowest BCUT2D eigenvalue weighted by molar-refractivity contribution is -0.145. The summed E-state index contributed by atoms with van der Waals surface area (Å²) in [5.74, 6) is 5.14. The van der Waals surface area contributed by atoms with E-state index in [9.17, 15) is 9.90 Å². The predicted molar refractivity (Wildman–Crippen MR) is 60.5 cm³/mol. The van der Waals surface area contributed by atoms with Gasteiger partial charge in [-0.3, -0.25) is 4.79 Å². The van der Waals surface area contributed by atoms with Crippen LogP contribution < -0.4 is 0 Å². The highest BCUT2D eigenvalue weighted by Crippen LogP contribution is 2.19. The van der Waals surface area contributed by atoms with Gasteiger partial charge in [0.05, 0.1) is 18.7 Å². The molecule has 1 amide bonds. The Kier molecular flexibility index (Phi) is 2.67. The van der Waals surface area contributed by atoms with E-state index in [0.29, 0.717) is 13.1 Å². The molecule has 0 spiro atoms. The molecule has 0 unspecified atom stereocenters. The molecule has 1 aromatic rings. The van der Waals surface area contributed by atoms with Crippen LogP contribution in [0, 0.1) is 11.8 Å². The van der Waals surface area contributed by atoms with Crippen LogP contribution in [0.25, 0.3) is 0 Å². The zero-order valence-corrected chi connectivity index (χ0v) is 9.10. The number of β-amino-alcohol motifs (C(OH)–C–C–N with tert-alkyl or cyclic N) is 1. The van der Waals surface area contributed by atoms with Crippen LogP contribution in [0.5, 0.6) is 0 Å². The Hall–Kier alpha value is -1.79. The number of likely N-dealkylation sites (tertiary alicyclic amines) is 1. The zero-order chi connectivity index (χ0) is 11.6.